The van der Waals surface area contributed by atoms with E-state index in [1.54, 1.807) is 0 Å². The first-order chi connectivity index (χ1) is 8.34. The number of hydrogen-bond acceptors (Lipinski definition) is 2. The van der Waals surface area contributed by atoms with Crippen LogP contribution in [-0.2, 0) is 0 Å². The Labute approximate surface area is 102 Å². The van der Waals surface area contributed by atoms with Crippen molar-refractivity contribution in [3.05, 3.63) is 42.1 Å². The predicted octanol–water partition coefficient (Wildman–Crippen LogP) is 3.42. The van der Waals surface area contributed by atoms with E-state index in [4.69, 9.17) is 5.73 Å². The Morgan fingerprint density at radius 2 is 1.94 bits per heavy atom. The predicted molar refractivity (Wildman–Crippen MR) is 70.6 cm³/mol. The molecule has 2 nitrogen and oxygen atoms in total. The second-order valence-corrected chi connectivity index (χ2v) is 5.03. The topological polar surface area (TPSA) is 38.9 Å². The molecule has 0 spiro atoms. The summed E-state index contributed by atoms with van der Waals surface area (Å²) < 4.78 is 0. The van der Waals surface area contributed by atoms with Crippen molar-refractivity contribution in [2.45, 2.75) is 31.7 Å². The number of benzene rings is 1. The lowest BCUT2D eigenvalue weighted by Gasteiger charge is -2.19. The van der Waals surface area contributed by atoms with E-state index >= 15 is 0 Å². The van der Waals surface area contributed by atoms with Gasteiger partial charge in [0, 0.05) is 17.6 Å². The van der Waals surface area contributed by atoms with E-state index in [9.17, 15) is 0 Å². The number of hydrogen-bond donors (Lipinski definition) is 1. The number of para-hydroxylation sites is 1. The van der Waals surface area contributed by atoms with Crippen molar-refractivity contribution in [3.8, 4) is 0 Å². The fourth-order valence-electron chi connectivity index (χ4n) is 2.86. The molecule has 2 aromatic rings. The molecule has 0 aliphatic heterocycles. The van der Waals surface area contributed by atoms with Crippen molar-refractivity contribution in [2.75, 3.05) is 0 Å². The van der Waals surface area contributed by atoms with Crippen molar-refractivity contribution in [1.82, 2.24) is 4.98 Å². The highest BCUT2D eigenvalue weighted by molar-refractivity contribution is 5.78. The third-order valence-corrected chi connectivity index (χ3v) is 3.90. The highest BCUT2D eigenvalue weighted by atomic mass is 14.7. The summed E-state index contributed by atoms with van der Waals surface area (Å²) in [4.78, 5) is 4.49. The van der Waals surface area contributed by atoms with Gasteiger partial charge in [0.25, 0.3) is 0 Å². The Morgan fingerprint density at radius 3 is 2.76 bits per heavy atom. The third kappa shape index (κ3) is 2.05. The molecule has 2 N–H and O–H groups in total. The molecule has 1 atom stereocenters. The summed E-state index contributed by atoms with van der Waals surface area (Å²) in [5.74, 6) is 0.651. The van der Waals surface area contributed by atoms with Crippen LogP contribution in [0.5, 0.6) is 0 Å². The number of nitrogens with two attached hydrogens (primary N) is 1. The largest absolute Gasteiger partial charge is 0.324 e. The summed E-state index contributed by atoms with van der Waals surface area (Å²) in [6.07, 6.45) is 7.16. The van der Waals surface area contributed by atoms with Gasteiger partial charge in [0.1, 0.15) is 0 Å². The lowest BCUT2D eigenvalue weighted by molar-refractivity contribution is 0.444. The molecule has 1 heterocycles. The van der Waals surface area contributed by atoms with E-state index in [1.807, 2.05) is 18.3 Å². The number of aromatic nitrogens is 1. The summed E-state index contributed by atoms with van der Waals surface area (Å²) in [5.41, 5.74) is 8.59. The molecule has 17 heavy (non-hydrogen) atoms. The zero-order valence-corrected chi connectivity index (χ0v) is 9.97. The molecule has 88 valence electrons. The quantitative estimate of drug-likeness (QED) is 0.852. The smallest absolute Gasteiger partial charge is 0.0702 e. The maximum Gasteiger partial charge on any atom is 0.0702 e. The fourth-order valence-corrected chi connectivity index (χ4v) is 2.86. The van der Waals surface area contributed by atoms with Gasteiger partial charge in [0.2, 0.25) is 0 Å². The van der Waals surface area contributed by atoms with Crippen LogP contribution in [0.25, 0.3) is 10.9 Å². The SMILES string of the molecule is NC(c1cnc2ccccc2c1)C1CCCC1. The maximum atomic E-state index is 6.35. The van der Waals surface area contributed by atoms with E-state index < -0.39 is 0 Å². The summed E-state index contributed by atoms with van der Waals surface area (Å²) in [5, 5.41) is 1.19. The van der Waals surface area contributed by atoms with Gasteiger partial charge in [-0.2, -0.15) is 0 Å². The normalized spacial score (nSPS) is 18.6. The van der Waals surface area contributed by atoms with Gasteiger partial charge in [-0.25, -0.2) is 0 Å². The highest BCUT2D eigenvalue weighted by Gasteiger charge is 2.23. The van der Waals surface area contributed by atoms with Gasteiger partial charge in [-0.15, -0.1) is 0 Å². The summed E-state index contributed by atoms with van der Waals surface area (Å²) in [6, 6.07) is 10.6. The van der Waals surface area contributed by atoms with Gasteiger partial charge < -0.3 is 5.73 Å². The summed E-state index contributed by atoms with van der Waals surface area (Å²) in [6.45, 7) is 0. The minimum Gasteiger partial charge on any atom is -0.324 e. The lowest BCUT2D eigenvalue weighted by Crippen LogP contribution is -2.19. The van der Waals surface area contributed by atoms with Gasteiger partial charge >= 0.3 is 0 Å². The fraction of sp³-hybridized carbons (Fsp3) is 0.400. The van der Waals surface area contributed by atoms with Crippen molar-refractivity contribution in [3.63, 3.8) is 0 Å². The minimum atomic E-state index is 0.162. The zero-order chi connectivity index (χ0) is 11.7. The van der Waals surface area contributed by atoms with Crippen LogP contribution < -0.4 is 5.73 Å². The monoisotopic (exact) mass is 226 g/mol. The third-order valence-electron chi connectivity index (χ3n) is 3.90. The standard InChI is InChI=1S/C15H18N2/c16-15(11-5-1-2-6-11)13-9-12-7-3-4-8-14(12)17-10-13/h3-4,7-11,15H,1-2,5-6,16H2. The van der Waals surface area contributed by atoms with Crippen LogP contribution in [0.3, 0.4) is 0 Å². The second-order valence-electron chi connectivity index (χ2n) is 5.03. The lowest BCUT2D eigenvalue weighted by atomic mass is 9.93. The average molecular weight is 226 g/mol. The Kier molecular flexibility index (Phi) is 2.81. The van der Waals surface area contributed by atoms with E-state index in [0.29, 0.717) is 5.92 Å². The molecule has 1 aliphatic carbocycles. The summed E-state index contributed by atoms with van der Waals surface area (Å²) in [7, 11) is 0. The molecule has 2 heteroatoms. The van der Waals surface area contributed by atoms with Gasteiger partial charge in [0.15, 0.2) is 0 Å². The number of pyridine rings is 1. The van der Waals surface area contributed by atoms with Crippen LogP contribution >= 0.6 is 0 Å². The average Bonchev–Trinajstić information content (AvgIpc) is 2.91. The van der Waals surface area contributed by atoms with Crippen molar-refractivity contribution >= 4 is 10.9 Å². The van der Waals surface area contributed by atoms with Crippen LogP contribution in [-0.4, -0.2) is 4.98 Å². The Hall–Kier alpha value is -1.41. The van der Waals surface area contributed by atoms with Crippen molar-refractivity contribution in [2.24, 2.45) is 11.7 Å². The van der Waals surface area contributed by atoms with Crippen LogP contribution in [0.1, 0.15) is 37.3 Å². The van der Waals surface area contributed by atoms with E-state index in [1.165, 1.54) is 36.6 Å². The molecule has 1 unspecified atom stereocenters. The van der Waals surface area contributed by atoms with E-state index in [2.05, 4.69) is 23.2 Å². The van der Waals surface area contributed by atoms with Crippen molar-refractivity contribution in [1.29, 1.82) is 0 Å². The van der Waals surface area contributed by atoms with Gasteiger partial charge in [-0.05, 0) is 36.5 Å². The Morgan fingerprint density at radius 1 is 1.18 bits per heavy atom. The molecule has 0 saturated heterocycles. The first-order valence-corrected chi connectivity index (χ1v) is 6.45. The molecular formula is C15H18N2. The molecule has 1 aromatic heterocycles. The first-order valence-electron chi connectivity index (χ1n) is 6.45. The van der Waals surface area contributed by atoms with Crippen LogP contribution in [0.4, 0.5) is 0 Å². The number of fused-ring (bicyclic) bond motifs is 1. The van der Waals surface area contributed by atoms with Gasteiger partial charge in [-0.1, -0.05) is 31.0 Å². The number of rotatable bonds is 2. The van der Waals surface area contributed by atoms with Crippen LogP contribution in [0.2, 0.25) is 0 Å². The molecule has 1 aromatic carbocycles. The molecule has 0 bridgehead atoms. The van der Waals surface area contributed by atoms with E-state index in [0.717, 1.165) is 5.52 Å². The first kappa shape index (κ1) is 10.7. The number of nitrogens with zero attached hydrogens (tertiary/aromatic N) is 1. The molecule has 1 aliphatic rings. The van der Waals surface area contributed by atoms with Gasteiger partial charge in [-0.3, -0.25) is 4.98 Å². The Balaban J connectivity index is 1.94. The van der Waals surface area contributed by atoms with Crippen LogP contribution in [0, 0.1) is 5.92 Å². The molecule has 0 amide bonds. The molecular weight excluding hydrogens is 208 g/mol. The highest BCUT2D eigenvalue weighted by Crippen LogP contribution is 2.34. The van der Waals surface area contributed by atoms with E-state index in [-0.39, 0.29) is 6.04 Å². The van der Waals surface area contributed by atoms with Crippen molar-refractivity contribution < 1.29 is 0 Å². The molecule has 1 saturated carbocycles. The minimum absolute atomic E-state index is 0.162. The zero-order valence-electron chi connectivity index (χ0n) is 9.97. The molecule has 3 rings (SSSR count). The maximum absolute atomic E-state index is 6.35. The molecule has 0 radical (unpaired) electrons. The Bertz CT molecular complexity index is 515. The molecule has 1 fully saturated rings. The summed E-state index contributed by atoms with van der Waals surface area (Å²) >= 11 is 0. The van der Waals surface area contributed by atoms with Gasteiger partial charge in [0.05, 0.1) is 5.52 Å². The van der Waals surface area contributed by atoms with Crippen LogP contribution in [0.15, 0.2) is 36.5 Å². The second kappa shape index (κ2) is 4.46.